The molecule has 1 atom stereocenters. The summed E-state index contributed by atoms with van der Waals surface area (Å²) in [6.45, 7) is 4.55. The third kappa shape index (κ3) is 3.79. The first-order chi connectivity index (χ1) is 7.89. The molecule has 1 fully saturated rings. The zero-order valence-electron chi connectivity index (χ0n) is 10.8. The van der Waals surface area contributed by atoms with Crippen LogP contribution in [0.4, 0.5) is 0 Å². The molecule has 1 rings (SSSR count). The fourth-order valence-corrected chi connectivity index (χ4v) is 3.71. The highest BCUT2D eigenvalue weighted by molar-refractivity contribution is 7.86. The number of nitrogens with zero attached hydrogens (tertiary/aromatic N) is 3. The number of rotatable bonds is 5. The molecule has 5 nitrogen and oxygen atoms in total. The molecular formula is C10H22ClN3O2S. The Morgan fingerprint density at radius 3 is 2.59 bits per heavy atom. The van der Waals surface area contributed by atoms with Gasteiger partial charge in [-0.25, -0.2) is 0 Å². The lowest BCUT2D eigenvalue weighted by atomic mass is 10.2. The molecule has 1 unspecified atom stereocenters. The van der Waals surface area contributed by atoms with Crippen molar-refractivity contribution in [1.82, 2.24) is 13.5 Å². The summed E-state index contributed by atoms with van der Waals surface area (Å²) in [5.41, 5.74) is 0. The SMILES string of the molecule is CC1CN(C)CCN1S(=O)(=O)N(C)CCCCl. The van der Waals surface area contributed by atoms with E-state index in [1.165, 1.54) is 4.31 Å². The maximum atomic E-state index is 12.3. The highest BCUT2D eigenvalue weighted by Gasteiger charge is 2.33. The van der Waals surface area contributed by atoms with Crippen molar-refractivity contribution in [2.45, 2.75) is 19.4 Å². The Morgan fingerprint density at radius 1 is 1.41 bits per heavy atom. The Kier molecular flexibility index (Phi) is 5.66. The second kappa shape index (κ2) is 6.33. The van der Waals surface area contributed by atoms with Gasteiger partial charge in [0.25, 0.3) is 10.2 Å². The van der Waals surface area contributed by atoms with E-state index in [4.69, 9.17) is 11.6 Å². The summed E-state index contributed by atoms with van der Waals surface area (Å²) in [4.78, 5) is 2.15. The van der Waals surface area contributed by atoms with Gasteiger partial charge in [-0.05, 0) is 20.4 Å². The first-order valence-corrected chi connectivity index (χ1v) is 7.80. The first-order valence-electron chi connectivity index (χ1n) is 5.87. The molecule has 0 aliphatic carbocycles. The molecule has 1 heterocycles. The van der Waals surface area contributed by atoms with E-state index < -0.39 is 10.2 Å². The van der Waals surface area contributed by atoms with E-state index in [2.05, 4.69) is 4.90 Å². The van der Waals surface area contributed by atoms with Crippen molar-refractivity contribution in [3.05, 3.63) is 0 Å². The van der Waals surface area contributed by atoms with Crippen LogP contribution in [0.1, 0.15) is 13.3 Å². The number of hydrogen-bond acceptors (Lipinski definition) is 3. The van der Waals surface area contributed by atoms with Crippen molar-refractivity contribution >= 4 is 21.8 Å². The van der Waals surface area contributed by atoms with Crippen LogP contribution in [-0.2, 0) is 10.2 Å². The van der Waals surface area contributed by atoms with Crippen LogP contribution in [0.5, 0.6) is 0 Å². The summed E-state index contributed by atoms with van der Waals surface area (Å²) in [6.07, 6.45) is 0.680. The van der Waals surface area contributed by atoms with Crippen molar-refractivity contribution in [3.8, 4) is 0 Å². The molecule has 1 aliphatic heterocycles. The third-order valence-corrected chi connectivity index (χ3v) is 5.44. The minimum Gasteiger partial charge on any atom is -0.303 e. The summed E-state index contributed by atoms with van der Waals surface area (Å²) in [6, 6.07) is 0.0252. The van der Waals surface area contributed by atoms with Crippen molar-refractivity contribution in [1.29, 1.82) is 0 Å². The van der Waals surface area contributed by atoms with Crippen molar-refractivity contribution in [2.24, 2.45) is 0 Å². The molecule has 1 aliphatic rings. The quantitative estimate of drug-likeness (QED) is 0.687. The molecule has 7 heteroatoms. The van der Waals surface area contributed by atoms with Gasteiger partial charge in [-0.15, -0.1) is 11.6 Å². The lowest BCUT2D eigenvalue weighted by molar-refractivity contribution is 0.163. The Bertz CT molecular complexity index is 336. The zero-order valence-corrected chi connectivity index (χ0v) is 12.3. The number of alkyl halides is 1. The Hall–Kier alpha value is 0.120. The van der Waals surface area contributed by atoms with Crippen LogP contribution in [0.2, 0.25) is 0 Å². The van der Waals surface area contributed by atoms with E-state index in [0.717, 1.165) is 13.1 Å². The second-order valence-corrected chi connectivity index (χ2v) is 6.96. The maximum absolute atomic E-state index is 12.3. The van der Waals surface area contributed by atoms with Crippen LogP contribution >= 0.6 is 11.6 Å². The highest BCUT2D eigenvalue weighted by Crippen LogP contribution is 2.15. The summed E-state index contributed by atoms with van der Waals surface area (Å²) >= 11 is 5.59. The molecule has 0 spiro atoms. The minimum absolute atomic E-state index is 0.0252. The average Bonchev–Trinajstić information content (AvgIpc) is 2.25. The summed E-state index contributed by atoms with van der Waals surface area (Å²) in [5.74, 6) is 0.484. The zero-order chi connectivity index (χ0) is 13.1. The number of likely N-dealkylation sites (N-methyl/N-ethyl adjacent to an activating group) is 1. The standard InChI is InChI=1S/C10H22ClN3O2S/c1-10-9-12(2)7-8-14(10)17(15,16)13(3)6-4-5-11/h10H,4-9H2,1-3H3. The Labute approximate surface area is 109 Å². The molecule has 0 amide bonds. The second-order valence-electron chi connectivity index (χ2n) is 4.59. The molecular weight excluding hydrogens is 262 g/mol. The number of hydrogen-bond donors (Lipinski definition) is 0. The van der Waals surface area contributed by atoms with Crippen LogP contribution in [0.15, 0.2) is 0 Å². The number of halogens is 1. The van der Waals surface area contributed by atoms with E-state index in [1.807, 2.05) is 14.0 Å². The smallest absolute Gasteiger partial charge is 0.282 e. The summed E-state index contributed by atoms with van der Waals surface area (Å²) in [5, 5.41) is 0. The topological polar surface area (TPSA) is 43.9 Å². The van der Waals surface area contributed by atoms with Gasteiger partial charge in [0.1, 0.15) is 0 Å². The highest BCUT2D eigenvalue weighted by atomic mass is 35.5. The van der Waals surface area contributed by atoms with Crippen LogP contribution in [0.3, 0.4) is 0 Å². The first kappa shape index (κ1) is 15.2. The van der Waals surface area contributed by atoms with Crippen LogP contribution in [-0.4, -0.2) is 74.1 Å². The lowest BCUT2D eigenvalue weighted by Crippen LogP contribution is -2.56. The molecule has 0 bridgehead atoms. The van der Waals surface area contributed by atoms with Crippen molar-refractivity contribution in [2.75, 3.05) is 46.2 Å². The van der Waals surface area contributed by atoms with E-state index >= 15 is 0 Å². The van der Waals surface area contributed by atoms with E-state index in [1.54, 1.807) is 11.4 Å². The predicted molar refractivity (Wildman–Crippen MR) is 70.6 cm³/mol. The van der Waals surface area contributed by atoms with E-state index in [0.29, 0.717) is 25.4 Å². The van der Waals surface area contributed by atoms with Crippen molar-refractivity contribution < 1.29 is 8.42 Å². The lowest BCUT2D eigenvalue weighted by Gasteiger charge is -2.38. The molecule has 0 radical (unpaired) electrons. The van der Waals surface area contributed by atoms with Gasteiger partial charge in [-0.3, -0.25) is 0 Å². The predicted octanol–water partition coefficient (Wildman–Crippen LogP) is 0.428. The van der Waals surface area contributed by atoms with E-state index in [-0.39, 0.29) is 6.04 Å². The third-order valence-electron chi connectivity index (χ3n) is 3.07. The molecule has 17 heavy (non-hydrogen) atoms. The molecule has 0 saturated carbocycles. The molecule has 102 valence electrons. The molecule has 1 saturated heterocycles. The normalized spacial score (nSPS) is 24.4. The average molecular weight is 284 g/mol. The molecule has 0 aromatic heterocycles. The van der Waals surface area contributed by atoms with Crippen LogP contribution in [0, 0.1) is 0 Å². The van der Waals surface area contributed by atoms with Gasteiger partial charge in [0.05, 0.1) is 0 Å². The van der Waals surface area contributed by atoms with Gasteiger partial charge in [-0.2, -0.15) is 17.0 Å². The largest absolute Gasteiger partial charge is 0.303 e. The molecule has 0 aromatic rings. The van der Waals surface area contributed by atoms with Crippen LogP contribution in [0.25, 0.3) is 0 Å². The van der Waals surface area contributed by atoms with E-state index in [9.17, 15) is 8.42 Å². The minimum atomic E-state index is -3.33. The Morgan fingerprint density at radius 2 is 2.06 bits per heavy atom. The Balaban J connectivity index is 2.69. The van der Waals surface area contributed by atoms with Gasteiger partial charge in [0, 0.05) is 45.1 Å². The van der Waals surface area contributed by atoms with Gasteiger partial charge in [0.2, 0.25) is 0 Å². The van der Waals surface area contributed by atoms with Crippen molar-refractivity contribution in [3.63, 3.8) is 0 Å². The van der Waals surface area contributed by atoms with Gasteiger partial charge >= 0.3 is 0 Å². The number of piperazine rings is 1. The van der Waals surface area contributed by atoms with Gasteiger partial charge in [-0.1, -0.05) is 0 Å². The molecule has 0 N–H and O–H groups in total. The monoisotopic (exact) mass is 283 g/mol. The summed E-state index contributed by atoms with van der Waals surface area (Å²) in [7, 11) is 0.304. The molecule has 0 aromatic carbocycles. The fourth-order valence-electron chi connectivity index (χ4n) is 2.04. The maximum Gasteiger partial charge on any atom is 0.282 e. The fraction of sp³-hybridized carbons (Fsp3) is 1.00. The van der Waals surface area contributed by atoms with Gasteiger partial charge in [0.15, 0.2) is 0 Å². The van der Waals surface area contributed by atoms with Gasteiger partial charge < -0.3 is 4.90 Å². The van der Waals surface area contributed by atoms with Crippen LogP contribution < -0.4 is 0 Å². The summed E-state index contributed by atoms with van der Waals surface area (Å²) < 4.78 is 27.6.